The van der Waals surface area contributed by atoms with Gasteiger partial charge in [-0.25, -0.2) is 21.8 Å². The van der Waals surface area contributed by atoms with E-state index in [9.17, 15) is 16.8 Å². The van der Waals surface area contributed by atoms with Gasteiger partial charge in [-0.1, -0.05) is 23.2 Å². The SMILES string of the molecule is COc1ccc(S(=O)(=O)Nc2ccc(S(=O)(=O)Nc3nccs3)cc2)c(Cl)c1Cl. The van der Waals surface area contributed by atoms with Gasteiger partial charge in [0.05, 0.1) is 17.0 Å². The number of nitrogens with zero attached hydrogens (tertiary/aromatic N) is 1. The summed E-state index contributed by atoms with van der Waals surface area (Å²) in [4.78, 5) is 3.56. The van der Waals surface area contributed by atoms with Crippen molar-refractivity contribution in [1.29, 1.82) is 0 Å². The van der Waals surface area contributed by atoms with Crippen LogP contribution < -0.4 is 14.2 Å². The van der Waals surface area contributed by atoms with E-state index >= 15 is 0 Å². The van der Waals surface area contributed by atoms with Gasteiger partial charge in [0.15, 0.2) is 5.13 Å². The highest BCUT2D eigenvalue weighted by atomic mass is 35.5. The van der Waals surface area contributed by atoms with Crippen molar-refractivity contribution in [3.63, 3.8) is 0 Å². The van der Waals surface area contributed by atoms with E-state index in [4.69, 9.17) is 27.9 Å². The summed E-state index contributed by atoms with van der Waals surface area (Å²) in [6, 6.07) is 7.78. The van der Waals surface area contributed by atoms with Gasteiger partial charge in [0, 0.05) is 17.3 Å². The van der Waals surface area contributed by atoms with E-state index in [1.54, 1.807) is 5.38 Å². The Balaban J connectivity index is 1.83. The van der Waals surface area contributed by atoms with Gasteiger partial charge < -0.3 is 4.74 Å². The Labute approximate surface area is 181 Å². The number of hydrogen-bond acceptors (Lipinski definition) is 7. The predicted molar refractivity (Wildman–Crippen MR) is 113 cm³/mol. The minimum atomic E-state index is -4.08. The first-order chi connectivity index (χ1) is 13.6. The minimum Gasteiger partial charge on any atom is -0.495 e. The third-order valence-electron chi connectivity index (χ3n) is 3.59. The maximum Gasteiger partial charge on any atom is 0.263 e. The molecule has 0 spiro atoms. The Kier molecular flexibility index (Phi) is 6.24. The van der Waals surface area contributed by atoms with Crippen LogP contribution in [0.25, 0.3) is 0 Å². The van der Waals surface area contributed by atoms with E-state index in [1.807, 2.05) is 0 Å². The van der Waals surface area contributed by atoms with Crippen molar-refractivity contribution >= 4 is 65.4 Å². The molecule has 1 aromatic heterocycles. The summed E-state index contributed by atoms with van der Waals surface area (Å²) in [5.41, 5.74) is 0.140. The van der Waals surface area contributed by atoms with Gasteiger partial charge in [0.1, 0.15) is 15.7 Å². The van der Waals surface area contributed by atoms with Crippen molar-refractivity contribution in [2.75, 3.05) is 16.6 Å². The Morgan fingerprint density at radius 3 is 2.21 bits per heavy atom. The monoisotopic (exact) mass is 493 g/mol. The molecule has 13 heteroatoms. The van der Waals surface area contributed by atoms with E-state index in [2.05, 4.69) is 14.4 Å². The highest BCUT2D eigenvalue weighted by Crippen LogP contribution is 2.37. The molecule has 0 unspecified atom stereocenters. The summed E-state index contributed by atoms with van der Waals surface area (Å²) >= 11 is 13.2. The summed E-state index contributed by atoms with van der Waals surface area (Å²) in [6.07, 6.45) is 1.47. The van der Waals surface area contributed by atoms with Crippen molar-refractivity contribution in [1.82, 2.24) is 4.98 Å². The van der Waals surface area contributed by atoms with Crippen LogP contribution in [0.15, 0.2) is 57.8 Å². The molecular formula is C16H13Cl2N3O5S3. The van der Waals surface area contributed by atoms with Crippen LogP contribution in [0.3, 0.4) is 0 Å². The molecule has 8 nitrogen and oxygen atoms in total. The van der Waals surface area contributed by atoms with Gasteiger partial charge in [-0.2, -0.15) is 0 Å². The summed E-state index contributed by atoms with van der Waals surface area (Å²) in [7, 11) is -6.55. The van der Waals surface area contributed by atoms with Crippen molar-refractivity contribution in [3.05, 3.63) is 58.0 Å². The number of aromatic nitrogens is 1. The molecule has 0 aliphatic carbocycles. The molecule has 0 radical (unpaired) electrons. The van der Waals surface area contributed by atoms with Gasteiger partial charge in [0.2, 0.25) is 0 Å². The number of anilines is 2. The molecule has 154 valence electrons. The van der Waals surface area contributed by atoms with Crippen LogP contribution in [0.5, 0.6) is 5.75 Å². The molecular weight excluding hydrogens is 481 g/mol. The first-order valence-corrected chi connectivity index (χ1v) is 12.3. The summed E-state index contributed by atoms with van der Waals surface area (Å²) < 4.78 is 59.6. The fourth-order valence-electron chi connectivity index (χ4n) is 2.24. The van der Waals surface area contributed by atoms with E-state index < -0.39 is 20.0 Å². The van der Waals surface area contributed by atoms with Gasteiger partial charge in [-0.3, -0.25) is 9.44 Å². The second-order valence-electron chi connectivity index (χ2n) is 5.47. The lowest BCUT2D eigenvalue weighted by atomic mass is 10.3. The fourth-order valence-corrected chi connectivity index (χ4v) is 5.93. The molecule has 0 saturated heterocycles. The maximum atomic E-state index is 12.6. The molecule has 0 aliphatic heterocycles. The number of rotatable bonds is 7. The summed E-state index contributed by atoms with van der Waals surface area (Å²) in [5, 5.41) is 1.63. The Hall–Kier alpha value is -2.05. The number of ether oxygens (including phenoxy) is 1. The number of hydrogen-bond donors (Lipinski definition) is 2. The van der Waals surface area contributed by atoms with Crippen LogP contribution in [0.1, 0.15) is 0 Å². The molecule has 2 N–H and O–H groups in total. The fraction of sp³-hybridized carbons (Fsp3) is 0.0625. The topological polar surface area (TPSA) is 114 Å². The lowest BCUT2D eigenvalue weighted by molar-refractivity contribution is 0.414. The Morgan fingerprint density at radius 2 is 1.62 bits per heavy atom. The van der Waals surface area contributed by atoms with E-state index in [-0.39, 0.29) is 36.4 Å². The number of benzene rings is 2. The normalized spacial score (nSPS) is 11.8. The van der Waals surface area contributed by atoms with Gasteiger partial charge in [-0.05, 0) is 36.4 Å². The smallest absolute Gasteiger partial charge is 0.263 e. The summed E-state index contributed by atoms with van der Waals surface area (Å²) in [5.74, 6) is 0.234. The van der Waals surface area contributed by atoms with Gasteiger partial charge >= 0.3 is 0 Å². The van der Waals surface area contributed by atoms with Crippen LogP contribution >= 0.6 is 34.5 Å². The molecule has 3 aromatic rings. The molecule has 0 fully saturated rings. The zero-order valence-electron chi connectivity index (χ0n) is 14.6. The van der Waals surface area contributed by atoms with E-state index in [0.29, 0.717) is 0 Å². The van der Waals surface area contributed by atoms with Gasteiger partial charge in [-0.15, -0.1) is 11.3 Å². The second kappa shape index (κ2) is 8.36. The van der Waals surface area contributed by atoms with Crippen LogP contribution in [0, 0.1) is 0 Å². The molecule has 0 amide bonds. The first-order valence-electron chi connectivity index (χ1n) is 7.71. The standard InChI is InChI=1S/C16H13Cl2N3O5S3/c1-26-12-6-7-13(15(18)14(12)17)29(24,25)20-10-2-4-11(5-3-10)28(22,23)21-16-19-8-9-27-16/h2-9,20H,1H3,(H,19,21). The number of thiazole rings is 1. The van der Waals surface area contributed by atoms with Crippen LogP contribution in [-0.2, 0) is 20.0 Å². The second-order valence-corrected chi connectivity index (χ2v) is 10.5. The van der Waals surface area contributed by atoms with Crippen LogP contribution in [-0.4, -0.2) is 28.9 Å². The minimum absolute atomic E-state index is 0.0354. The Morgan fingerprint density at radius 1 is 0.931 bits per heavy atom. The third kappa shape index (κ3) is 4.75. The van der Waals surface area contributed by atoms with Gasteiger partial charge in [0.25, 0.3) is 20.0 Å². The average Bonchev–Trinajstić information content (AvgIpc) is 3.16. The number of halogens is 2. The van der Waals surface area contributed by atoms with E-state index in [0.717, 1.165) is 11.3 Å². The third-order valence-corrected chi connectivity index (χ3v) is 8.16. The van der Waals surface area contributed by atoms with Crippen LogP contribution in [0.4, 0.5) is 10.8 Å². The number of methoxy groups -OCH3 is 1. The molecule has 0 atom stereocenters. The quantitative estimate of drug-likeness (QED) is 0.512. The first kappa shape index (κ1) is 21.7. The predicted octanol–water partition coefficient (Wildman–Crippen LogP) is 4.06. The average molecular weight is 494 g/mol. The molecule has 0 aliphatic rings. The number of sulfonamides is 2. The van der Waals surface area contributed by atoms with Crippen molar-refractivity contribution in [2.45, 2.75) is 9.79 Å². The largest absolute Gasteiger partial charge is 0.495 e. The summed E-state index contributed by atoms with van der Waals surface area (Å²) in [6.45, 7) is 0. The van der Waals surface area contributed by atoms with Crippen molar-refractivity contribution < 1.29 is 21.6 Å². The highest BCUT2D eigenvalue weighted by Gasteiger charge is 2.22. The molecule has 3 rings (SSSR count). The van der Waals surface area contributed by atoms with E-state index in [1.165, 1.54) is 49.7 Å². The molecule has 29 heavy (non-hydrogen) atoms. The molecule has 1 heterocycles. The zero-order chi connectivity index (χ0) is 21.2. The van der Waals surface area contributed by atoms with Crippen molar-refractivity contribution in [3.8, 4) is 5.75 Å². The lowest BCUT2D eigenvalue weighted by Crippen LogP contribution is -2.15. The lowest BCUT2D eigenvalue weighted by Gasteiger charge is -2.12. The zero-order valence-corrected chi connectivity index (χ0v) is 18.5. The number of nitrogens with one attached hydrogen (secondary N) is 2. The molecule has 0 saturated carbocycles. The Bertz CT molecular complexity index is 1230. The maximum absolute atomic E-state index is 12.6. The molecule has 0 bridgehead atoms. The van der Waals surface area contributed by atoms with Crippen molar-refractivity contribution in [2.24, 2.45) is 0 Å². The van der Waals surface area contributed by atoms with Crippen LogP contribution in [0.2, 0.25) is 10.0 Å². The molecule has 2 aromatic carbocycles. The highest BCUT2D eigenvalue weighted by molar-refractivity contribution is 7.93.